The molecule has 0 bridgehead atoms. The first-order chi connectivity index (χ1) is 11.4. The topological polar surface area (TPSA) is 21.3 Å². The Bertz CT molecular complexity index is 575. The number of nitrogens with one attached hydrogen (secondary N) is 1. The van der Waals surface area contributed by atoms with Crippen LogP contribution in [0.5, 0.6) is 5.75 Å². The largest absolute Gasteiger partial charge is 0.489 e. The minimum atomic E-state index is 0.630. The molecule has 2 aromatic carbocycles. The highest BCUT2D eigenvalue weighted by Crippen LogP contribution is 2.23. The summed E-state index contributed by atoms with van der Waals surface area (Å²) < 4.78 is 5.90. The molecule has 1 fully saturated rings. The van der Waals surface area contributed by atoms with E-state index in [1.54, 1.807) is 0 Å². The third-order valence-electron chi connectivity index (χ3n) is 4.73. The minimum absolute atomic E-state index is 0.630. The number of rotatable bonds is 7. The Kier molecular flexibility index (Phi) is 6.10. The molecular weight excluding hydrogens is 282 g/mol. The van der Waals surface area contributed by atoms with Gasteiger partial charge in [0.15, 0.2) is 0 Å². The maximum Gasteiger partial charge on any atom is 0.119 e. The molecule has 0 amide bonds. The molecule has 2 aromatic rings. The zero-order chi connectivity index (χ0) is 15.7. The lowest BCUT2D eigenvalue weighted by molar-refractivity contribution is 0.304. The van der Waals surface area contributed by atoms with Crippen LogP contribution in [0.25, 0.3) is 0 Å². The first kappa shape index (κ1) is 16.1. The van der Waals surface area contributed by atoms with Crippen LogP contribution in [0.4, 0.5) is 0 Å². The highest BCUT2D eigenvalue weighted by molar-refractivity contribution is 5.28. The van der Waals surface area contributed by atoms with Gasteiger partial charge in [-0.25, -0.2) is 0 Å². The molecule has 0 spiro atoms. The molecular formula is C21H27NO. The second-order valence-corrected chi connectivity index (χ2v) is 6.51. The molecule has 0 atom stereocenters. The Labute approximate surface area is 139 Å². The average Bonchev–Trinajstić information content (AvgIpc) is 2.63. The van der Waals surface area contributed by atoms with E-state index in [0.717, 1.165) is 24.8 Å². The molecule has 3 rings (SSSR count). The molecule has 122 valence electrons. The van der Waals surface area contributed by atoms with E-state index in [0.29, 0.717) is 6.61 Å². The van der Waals surface area contributed by atoms with Crippen molar-refractivity contribution in [2.75, 3.05) is 6.54 Å². The van der Waals surface area contributed by atoms with Crippen molar-refractivity contribution in [2.24, 2.45) is 5.92 Å². The van der Waals surface area contributed by atoms with Gasteiger partial charge >= 0.3 is 0 Å². The standard InChI is InChI=1S/C21H27NO/c1-3-9-18(10-4-1)15-22-16-19-11-7-8-12-20(19)17-23-21-13-5-2-6-14-21/h2,5-8,11-14,18,22H,1,3-4,9-10,15-17H2. The van der Waals surface area contributed by atoms with Gasteiger partial charge < -0.3 is 10.1 Å². The van der Waals surface area contributed by atoms with Gasteiger partial charge in [0, 0.05) is 6.54 Å². The Morgan fingerprint density at radius 1 is 0.826 bits per heavy atom. The molecule has 1 saturated carbocycles. The van der Waals surface area contributed by atoms with Gasteiger partial charge in [0.2, 0.25) is 0 Å². The van der Waals surface area contributed by atoms with Gasteiger partial charge in [-0.3, -0.25) is 0 Å². The lowest BCUT2D eigenvalue weighted by Gasteiger charge is -2.22. The summed E-state index contributed by atoms with van der Waals surface area (Å²) in [5, 5.41) is 3.65. The Morgan fingerprint density at radius 2 is 1.52 bits per heavy atom. The number of ether oxygens (including phenoxy) is 1. The first-order valence-electron chi connectivity index (χ1n) is 8.87. The van der Waals surface area contributed by atoms with E-state index in [2.05, 4.69) is 29.6 Å². The second-order valence-electron chi connectivity index (χ2n) is 6.51. The van der Waals surface area contributed by atoms with Crippen LogP contribution in [0.1, 0.15) is 43.2 Å². The van der Waals surface area contributed by atoms with Gasteiger partial charge in [0.05, 0.1) is 0 Å². The third-order valence-corrected chi connectivity index (χ3v) is 4.73. The Morgan fingerprint density at radius 3 is 2.30 bits per heavy atom. The van der Waals surface area contributed by atoms with Crippen molar-refractivity contribution in [3.63, 3.8) is 0 Å². The SMILES string of the molecule is c1ccc(OCc2ccccc2CNCC2CCCCC2)cc1. The normalized spacial score (nSPS) is 15.5. The Hall–Kier alpha value is -1.80. The number of para-hydroxylation sites is 1. The molecule has 23 heavy (non-hydrogen) atoms. The molecule has 0 aliphatic heterocycles. The summed E-state index contributed by atoms with van der Waals surface area (Å²) in [7, 11) is 0. The van der Waals surface area contributed by atoms with Crippen molar-refractivity contribution < 1.29 is 4.74 Å². The van der Waals surface area contributed by atoms with Crippen LogP contribution >= 0.6 is 0 Å². The lowest BCUT2D eigenvalue weighted by Crippen LogP contribution is -2.24. The molecule has 1 aliphatic carbocycles. The molecule has 0 unspecified atom stereocenters. The van der Waals surface area contributed by atoms with E-state index < -0.39 is 0 Å². The van der Waals surface area contributed by atoms with Crippen molar-refractivity contribution in [3.8, 4) is 5.75 Å². The average molecular weight is 309 g/mol. The highest BCUT2D eigenvalue weighted by Gasteiger charge is 2.12. The van der Waals surface area contributed by atoms with Crippen molar-refractivity contribution >= 4 is 0 Å². The van der Waals surface area contributed by atoms with E-state index in [4.69, 9.17) is 4.74 Å². The van der Waals surface area contributed by atoms with Crippen molar-refractivity contribution in [2.45, 2.75) is 45.3 Å². The zero-order valence-corrected chi connectivity index (χ0v) is 13.8. The number of hydrogen-bond acceptors (Lipinski definition) is 2. The van der Waals surface area contributed by atoms with E-state index in [9.17, 15) is 0 Å². The molecule has 2 heteroatoms. The summed E-state index contributed by atoms with van der Waals surface area (Å²) >= 11 is 0. The summed E-state index contributed by atoms with van der Waals surface area (Å²) in [4.78, 5) is 0. The van der Waals surface area contributed by atoms with E-state index in [1.807, 2.05) is 30.3 Å². The minimum Gasteiger partial charge on any atom is -0.489 e. The fourth-order valence-electron chi connectivity index (χ4n) is 3.35. The van der Waals surface area contributed by atoms with Crippen molar-refractivity contribution in [3.05, 3.63) is 65.7 Å². The highest BCUT2D eigenvalue weighted by atomic mass is 16.5. The molecule has 1 aliphatic rings. The Balaban J connectivity index is 1.50. The molecule has 2 nitrogen and oxygen atoms in total. The van der Waals surface area contributed by atoms with Crippen LogP contribution in [0.2, 0.25) is 0 Å². The van der Waals surface area contributed by atoms with Gasteiger partial charge in [-0.05, 0) is 48.6 Å². The summed E-state index contributed by atoms with van der Waals surface area (Å²) in [5.74, 6) is 1.80. The van der Waals surface area contributed by atoms with E-state index >= 15 is 0 Å². The van der Waals surface area contributed by atoms with Crippen LogP contribution in [-0.2, 0) is 13.2 Å². The number of benzene rings is 2. The summed E-state index contributed by atoms with van der Waals surface area (Å²) in [6.07, 6.45) is 7.04. The van der Waals surface area contributed by atoms with Gasteiger partial charge in [0.1, 0.15) is 12.4 Å². The van der Waals surface area contributed by atoms with Crippen LogP contribution in [-0.4, -0.2) is 6.54 Å². The third kappa shape index (κ3) is 5.11. The molecule has 0 heterocycles. The zero-order valence-electron chi connectivity index (χ0n) is 13.8. The first-order valence-corrected chi connectivity index (χ1v) is 8.87. The van der Waals surface area contributed by atoms with Crippen molar-refractivity contribution in [1.82, 2.24) is 5.32 Å². The van der Waals surface area contributed by atoms with Crippen LogP contribution in [0, 0.1) is 5.92 Å². The van der Waals surface area contributed by atoms with Crippen LogP contribution < -0.4 is 10.1 Å². The lowest BCUT2D eigenvalue weighted by atomic mass is 9.89. The van der Waals surface area contributed by atoms with E-state index in [1.165, 1.54) is 43.2 Å². The smallest absolute Gasteiger partial charge is 0.119 e. The van der Waals surface area contributed by atoms with Crippen LogP contribution in [0.15, 0.2) is 54.6 Å². The fourth-order valence-corrected chi connectivity index (χ4v) is 3.35. The molecule has 0 aromatic heterocycles. The maximum atomic E-state index is 5.90. The van der Waals surface area contributed by atoms with Crippen LogP contribution in [0.3, 0.4) is 0 Å². The fraction of sp³-hybridized carbons (Fsp3) is 0.429. The maximum absolute atomic E-state index is 5.90. The predicted octanol–water partition coefficient (Wildman–Crippen LogP) is 4.94. The molecule has 0 saturated heterocycles. The monoisotopic (exact) mass is 309 g/mol. The molecule has 1 N–H and O–H groups in total. The predicted molar refractivity (Wildman–Crippen MR) is 95.5 cm³/mol. The quantitative estimate of drug-likeness (QED) is 0.782. The van der Waals surface area contributed by atoms with Gasteiger partial charge in [-0.2, -0.15) is 0 Å². The summed E-state index contributed by atoms with van der Waals surface area (Å²) in [6, 6.07) is 18.6. The van der Waals surface area contributed by atoms with Crippen molar-refractivity contribution in [1.29, 1.82) is 0 Å². The summed E-state index contributed by atoms with van der Waals surface area (Å²) in [5.41, 5.74) is 2.62. The number of hydrogen-bond donors (Lipinski definition) is 1. The van der Waals surface area contributed by atoms with Gasteiger partial charge in [-0.15, -0.1) is 0 Å². The summed E-state index contributed by atoms with van der Waals surface area (Å²) in [6.45, 7) is 2.71. The van der Waals surface area contributed by atoms with E-state index in [-0.39, 0.29) is 0 Å². The molecule has 0 radical (unpaired) electrons. The van der Waals surface area contributed by atoms with Gasteiger partial charge in [0.25, 0.3) is 0 Å². The second kappa shape index (κ2) is 8.73. The van der Waals surface area contributed by atoms with Gasteiger partial charge in [-0.1, -0.05) is 61.7 Å².